The number of amides is 1. The lowest BCUT2D eigenvalue weighted by atomic mass is 9.99. The van der Waals surface area contributed by atoms with Crippen molar-refractivity contribution in [3.63, 3.8) is 0 Å². The summed E-state index contributed by atoms with van der Waals surface area (Å²) in [5.41, 5.74) is 7.66. The Kier molecular flexibility index (Phi) is 2.52. The number of nitrogens with two attached hydrogens (primary N) is 1. The van der Waals surface area contributed by atoms with Crippen LogP contribution in [0, 0.1) is 0 Å². The standard InChI is InChI=1S/C13H14N2O/c1-8(9(2)13(14)16)12-7-10-5-3-4-6-11(10)15-12/h3-8,15H,2H2,1H3,(H2,14,16). The average Bonchev–Trinajstić information content (AvgIpc) is 2.70. The van der Waals surface area contributed by atoms with Gasteiger partial charge < -0.3 is 10.7 Å². The Morgan fingerprint density at radius 2 is 2.12 bits per heavy atom. The molecule has 3 N–H and O–H groups in total. The molecule has 2 aromatic rings. The molecule has 1 heterocycles. The Hall–Kier alpha value is -2.03. The number of carbonyl (C=O) groups excluding carboxylic acids is 1. The fourth-order valence-electron chi connectivity index (χ4n) is 1.73. The van der Waals surface area contributed by atoms with E-state index >= 15 is 0 Å². The van der Waals surface area contributed by atoms with Crippen LogP contribution in [0.1, 0.15) is 18.5 Å². The van der Waals surface area contributed by atoms with E-state index in [0.29, 0.717) is 5.57 Å². The fourth-order valence-corrected chi connectivity index (χ4v) is 1.73. The largest absolute Gasteiger partial charge is 0.366 e. The zero-order chi connectivity index (χ0) is 11.7. The van der Waals surface area contributed by atoms with Gasteiger partial charge >= 0.3 is 0 Å². The molecule has 0 radical (unpaired) electrons. The average molecular weight is 214 g/mol. The van der Waals surface area contributed by atoms with Crippen LogP contribution in [0.25, 0.3) is 10.9 Å². The van der Waals surface area contributed by atoms with Crippen LogP contribution in [0.15, 0.2) is 42.5 Å². The molecule has 1 amide bonds. The fraction of sp³-hybridized carbons (Fsp3) is 0.154. The first-order valence-electron chi connectivity index (χ1n) is 5.16. The summed E-state index contributed by atoms with van der Waals surface area (Å²) in [6.07, 6.45) is 0. The number of nitrogens with one attached hydrogen (secondary N) is 1. The maximum absolute atomic E-state index is 11.0. The maximum atomic E-state index is 11.0. The van der Waals surface area contributed by atoms with Crippen LogP contribution in [0.2, 0.25) is 0 Å². The molecular formula is C13H14N2O. The van der Waals surface area contributed by atoms with Gasteiger partial charge in [-0.05, 0) is 17.5 Å². The molecule has 2 rings (SSSR count). The van der Waals surface area contributed by atoms with E-state index in [1.165, 1.54) is 0 Å². The van der Waals surface area contributed by atoms with Crippen molar-refractivity contribution < 1.29 is 4.79 Å². The molecular weight excluding hydrogens is 200 g/mol. The summed E-state index contributed by atoms with van der Waals surface area (Å²) in [5, 5.41) is 1.13. The molecule has 3 nitrogen and oxygen atoms in total. The number of H-pyrrole nitrogens is 1. The van der Waals surface area contributed by atoms with E-state index in [0.717, 1.165) is 16.6 Å². The van der Waals surface area contributed by atoms with Gasteiger partial charge in [0.15, 0.2) is 0 Å². The summed E-state index contributed by atoms with van der Waals surface area (Å²) in [5.74, 6) is -0.531. The number of primary amides is 1. The minimum Gasteiger partial charge on any atom is -0.366 e. The predicted octanol–water partition coefficient (Wildman–Crippen LogP) is 2.31. The molecule has 0 aliphatic rings. The number of aromatic nitrogens is 1. The van der Waals surface area contributed by atoms with Gasteiger partial charge in [-0.3, -0.25) is 4.79 Å². The zero-order valence-corrected chi connectivity index (χ0v) is 9.16. The number of para-hydroxylation sites is 1. The highest BCUT2D eigenvalue weighted by Gasteiger charge is 2.15. The van der Waals surface area contributed by atoms with E-state index in [-0.39, 0.29) is 5.92 Å². The number of carbonyl (C=O) groups is 1. The molecule has 0 bridgehead atoms. The molecule has 1 unspecified atom stereocenters. The lowest BCUT2D eigenvalue weighted by Gasteiger charge is -2.09. The second kappa shape index (κ2) is 3.85. The number of hydrogen-bond acceptors (Lipinski definition) is 1. The van der Waals surface area contributed by atoms with Crippen LogP contribution >= 0.6 is 0 Å². The Morgan fingerprint density at radius 1 is 1.44 bits per heavy atom. The Bertz CT molecular complexity index is 521. The SMILES string of the molecule is C=C(C(N)=O)C(C)c1cc2ccccc2[nH]1. The van der Waals surface area contributed by atoms with E-state index in [1.54, 1.807) is 0 Å². The van der Waals surface area contributed by atoms with Crippen LogP contribution in [-0.2, 0) is 4.79 Å². The molecule has 0 fully saturated rings. The van der Waals surface area contributed by atoms with Crippen LogP contribution in [-0.4, -0.2) is 10.9 Å². The molecule has 82 valence electrons. The van der Waals surface area contributed by atoms with E-state index in [9.17, 15) is 4.79 Å². The van der Waals surface area contributed by atoms with Gasteiger partial charge in [-0.25, -0.2) is 0 Å². The van der Waals surface area contributed by atoms with Crippen molar-refractivity contribution in [3.8, 4) is 0 Å². The van der Waals surface area contributed by atoms with Gasteiger partial charge in [0, 0.05) is 22.7 Å². The third-order valence-electron chi connectivity index (χ3n) is 2.86. The van der Waals surface area contributed by atoms with E-state index in [2.05, 4.69) is 11.6 Å². The first-order chi connectivity index (χ1) is 7.59. The van der Waals surface area contributed by atoms with Crippen molar-refractivity contribution in [1.29, 1.82) is 0 Å². The third-order valence-corrected chi connectivity index (χ3v) is 2.86. The van der Waals surface area contributed by atoms with Crippen molar-refractivity contribution in [2.45, 2.75) is 12.8 Å². The number of hydrogen-bond donors (Lipinski definition) is 2. The molecule has 1 atom stereocenters. The molecule has 0 spiro atoms. The first kappa shape index (κ1) is 10.5. The summed E-state index contributed by atoms with van der Waals surface area (Å²) in [6.45, 7) is 5.62. The van der Waals surface area contributed by atoms with Crippen molar-refractivity contribution in [3.05, 3.63) is 48.2 Å². The summed E-state index contributed by atoms with van der Waals surface area (Å²) < 4.78 is 0. The summed E-state index contributed by atoms with van der Waals surface area (Å²) in [7, 11) is 0. The highest BCUT2D eigenvalue weighted by Crippen LogP contribution is 2.25. The minimum atomic E-state index is -0.453. The van der Waals surface area contributed by atoms with Crippen molar-refractivity contribution in [2.75, 3.05) is 0 Å². The number of fused-ring (bicyclic) bond motifs is 1. The van der Waals surface area contributed by atoms with Crippen molar-refractivity contribution in [1.82, 2.24) is 4.98 Å². The van der Waals surface area contributed by atoms with Gasteiger partial charge in [-0.15, -0.1) is 0 Å². The zero-order valence-electron chi connectivity index (χ0n) is 9.16. The third kappa shape index (κ3) is 1.72. The molecule has 3 heteroatoms. The van der Waals surface area contributed by atoms with Gasteiger partial charge in [0.1, 0.15) is 0 Å². The first-order valence-corrected chi connectivity index (χ1v) is 5.16. The van der Waals surface area contributed by atoms with Gasteiger partial charge in [0.25, 0.3) is 0 Å². The molecule has 0 saturated heterocycles. The Balaban J connectivity index is 2.40. The Morgan fingerprint density at radius 3 is 2.75 bits per heavy atom. The quantitative estimate of drug-likeness (QED) is 0.757. The lowest BCUT2D eigenvalue weighted by molar-refractivity contribution is -0.114. The molecule has 1 aromatic heterocycles. The van der Waals surface area contributed by atoms with Crippen molar-refractivity contribution >= 4 is 16.8 Å². The van der Waals surface area contributed by atoms with Crippen LogP contribution in [0.3, 0.4) is 0 Å². The Labute approximate surface area is 94.0 Å². The van der Waals surface area contributed by atoms with Crippen LogP contribution in [0.4, 0.5) is 0 Å². The summed E-state index contributed by atoms with van der Waals surface area (Å²) >= 11 is 0. The number of aromatic amines is 1. The summed E-state index contributed by atoms with van der Waals surface area (Å²) in [6, 6.07) is 9.99. The topological polar surface area (TPSA) is 58.9 Å². The number of benzene rings is 1. The van der Waals surface area contributed by atoms with E-state index in [4.69, 9.17) is 5.73 Å². The van der Waals surface area contributed by atoms with Crippen LogP contribution in [0.5, 0.6) is 0 Å². The molecule has 0 saturated carbocycles. The molecule has 0 aliphatic heterocycles. The highest BCUT2D eigenvalue weighted by molar-refractivity contribution is 5.93. The predicted molar refractivity (Wildman–Crippen MR) is 65.0 cm³/mol. The van der Waals surface area contributed by atoms with Crippen molar-refractivity contribution in [2.24, 2.45) is 5.73 Å². The van der Waals surface area contributed by atoms with E-state index in [1.807, 2.05) is 37.3 Å². The van der Waals surface area contributed by atoms with Crippen LogP contribution < -0.4 is 5.73 Å². The van der Waals surface area contributed by atoms with Gasteiger partial charge in [0.2, 0.25) is 5.91 Å². The second-order valence-corrected chi connectivity index (χ2v) is 3.92. The molecule has 16 heavy (non-hydrogen) atoms. The molecule has 0 aliphatic carbocycles. The van der Waals surface area contributed by atoms with Gasteiger partial charge in [-0.1, -0.05) is 31.7 Å². The lowest BCUT2D eigenvalue weighted by Crippen LogP contribution is -2.17. The number of rotatable bonds is 3. The van der Waals surface area contributed by atoms with Gasteiger partial charge in [-0.2, -0.15) is 0 Å². The van der Waals surface area contributed by atoms with E-state index < -0.39 is 5.91 Å². The highest BCUT2D eigenvalue weighted by atomic mass is 16.1. The minimum absolute atomic E-state index is 0.0788. The smallest absolute Gasteiger partial charge is 0.244 e. The maximum Gasteiger partial charge on any atom is 0.244 e. The normalized spacial score (nSPS) is 12.6. The van der Waals surface area contributed by atoms with Gasteiger partial charge in [0.05, 0.1) is 0 Å². The second-order valence-electron chi connectivity index (χ2n) is 3.92. The summed E-state index contributed by atoms with van der Waals surface area (Å²) in [4.78, 5) is 14.3. The monoisotopic (exact) mass is 214 g/mol. The molecule has 1 aromatic carbocycles.